The second-order valence-corrected chi connectivity index (χ2v) is 5.40. The largest absolute Gasteiger partial charge is 0.304 e. The molecule has 2 rings (SSSR count). The lowest BCUT2D eigenvalue weighted by Gasteiger charge is -2.39. The summed E-state index contributed by atoms with van der Waals surface area (Å²) in [5.41, 5.74) is 0. The monoisotopic (exact) mass is 240 g/mol. The molecule has 17 heavy (non-hydrogen) atoms. The summed E-state index contributed by atoms with van der Waals surface area (Å²) in [4.78, 5) is 5.20. The molecule has 1 aliphatic carbocycles. The Morgan fingerprint density at radius 3 is 2.06 bits per heavy atom. The molecular formula is C15H32N2. The summed E-state index contributed by atoms with van der Waals surface area (Å²) in [7, 11) is 2.33. The van der Waals surface area contributed by atoms with Crippen LogP contribution in [0.25, 0.3) is 0 Å². The van der Waals surface area contributed by atoms with Crippen molar-refractivity contribution in [2.45, 2.75) is 58.9 Å². The van der Waals surface area contributed by atoms with E-state index in [1.807, 2.05) is 13.8 Å². The van der Waals surface area contributed by atoms with Crippen LogP contribution in [0.5, 0.6) is 0 Å². The molecule has 2 nitrogen and oxygen atoms in total. The third-order valence-electron chi connectivity index (χ3n) is 4.40. The lowest BCUT2D eigenvalue weighted by atomic mass is 9.89. The van der Waals surface area contributed by atoms with Gasteiger partial charge in [0.15, 0.2) is 0 Å². The zero-order valence-electron chi connectivity index (χ0n) is 12.4. The summed E-state index contributed by atoms with van der Waals surface area (Å²) >= 11 is 0. The molecule has 2 heteroatoms. The first-order chi connectivity index (χ1) is 8.29. The minimum Gasteiger partial charge on any atom is -0.304 e. The maximum absolute atomic E-state index is 2.62. The van der Waals surface area contributed by atoms with E-state index >= 15 is 0 Å². The van der Waals surface area contributed by atoms with Gasteiger partial charge in [-0.1, -0.05) is 27.2 Å². The standard InChI is InChI=1S/C13H26N2.C2H6/c1-3-15-9-7-12(8-10-15)11-14(2)13-5-4-6-13;1-2/h12-13H,3-11H2,1-2H3;1-2H3. The number of hydrogen-bond acceptors (Lipinski definition) is 2. The molecule has 0 aromatic carbocycles. The van der Waals surface area contributed by atoms with Crippen LogP contribution in [0.3, 0.4) is 0 Å². The van der Waals surface area contributed by atoms with E-state index in [4.69, 9.17) is 0 Å². The first-order valence-corrected chi connectivity index (χ1v) is 7.72. The summed E-state index contributed by atoms with van der Waals surface area (Å²) in [5, 5.41) is 0. The summed E-state index contributed by atoms with van der Waals surface area (Å²) in [6, 6.07) is 0.925. The van der Waals surface area contributed by atoms with Crippen molar-refractivity contribution in [2.24, 2.45) is 5.92 Å². The van der Waals surface area contributed by atoms with Gasteiger partial charge in [-0.05, 0) is 58.3 Å². The zero-order chi connectivity index (χ0) is 12.7. The Morgan fingerprint density at radius 1 is 1.06 bits per heavy atom. The Labute approximate surface area is 108 Å². The molecule has 0 atom stereocenters. The van der Waals surface area contributed by atoms with Crippen LogP contribution in [-0.2, 0) is 0 Å². The van der Waals surface area contributed by atoms with Crippen LogP contribution in [0.4, 0.5) is 0 Å². The second-order valence-electron chi connectivity index (χ2n) is 5.40. The molecule has 0 bridgehead atoms. The Morgan fingerprint density at radius 2 is 1.65 bits per heavy atom. The predicted octanol–water partition coefficient (Wildman–Crippen LogP) is 3.23. The topological polar surface area (TPSA) is 6.48 Å². The smallest absolute Gasteiger partial charge is 0.00923 e. The van der Waals surface area contributed by atoms with E-state index in [2.05, 4.69) is 23.8 Å². The van der Waals surface area contributed by atoms with Gasteiger partial charge < -0.3 is 9.80 Å². The normalized spacial score (nSPS) is 23.1. The minimum atomic E-state index is 0.925. The van der Waals surface area contributed by atoms with E-state index in [0.717, 1.165) is 12.0 Å². The fourth-order valence-electron chi connectivity index (χ4n) is 2.87. The highest BCUT2D eigenvalue weighted by Crippen LogP contribution is 2.26. The van der Waals surface area contributed by atoms with Crippen LogP contribution < -0.4 is 0 Å². The fourth-order valence-corrected chi connectivity index (χ4v) is 2.87. The highest BCUT2D eigenvalue weighted by Gasteiger charge is 2.25. The average molecular weight is 240 g/mol. The fraction of sp³-hybridized carbons (Fsp3) is 1.00. The van der Waals surface area contributed by atoms with Gasteiger partial charge in [0.2, 0.25) is 0 Å². The Kier molecular flexibility index (Phi) is 7.14. The first kappa shape index (κ1) is 15.0. The molecule has 2 fully saturated rings. The lowest BCUT2D eigenvalue weighted by molar-refractivity contribution is 0.106. The second kappa shape index (κ2) is 8.10. The number of hydrogen-bond donors (Lipinski definition) is 0. The van der Waals surface area contributed by atoms with Gasteiger partial charge in [0.05, 0.1) is 0 Å². The number of likely N-dealkylation sites (tertiary alicyclic amines) is 1. The molecular weight excluding hydrogens is 208 g/mol. The van der Waals surface area contributed by atoms with Crippen molar-refractivity contribution >= 4 is 0 Å². The van der Waals surface area contributed by atoms with Crippen molar-refractivity contribution in [1.82, 2.24) is 9.80 Å². The van der Waals surface area contributed by atoms with Gasteiger partial charge in [0.1, 0.15) is 0 Å². The molecule has 0 aromatic heterocycles. The van der Waals surface area contributed by atoms with Crippen LogP contribution in [-0.4, -0.2) is 49.1 Å². The number of piperidine rings is 1. The molecule has 0 aromatic rings. The van der Waals surface area contributed by atoms with Gasteiger partial charge >= 0.3 is 0 Å². The molecule has 2 aliphatic rings. The maximum Gasteiger partial charge on any atom is 0.00923 e. The number of nitrogens with zero attached hydrogens (tertiary/aromatic N) is 2. The molecule has 1 heterocycles. The van der Waals surface area contributed by atoms with Crippen molar-refractivity contribution in [3.05, 3.63) is 0 Å². The summed E-state index contributed by atoms with van der Waals surface area (Å²) in [6.45, 7) is 11.5. The van der Waals surface area contributed by atoms with E-state index in [0.29, 0.717) is 0 Å². The maximum atomic E-state index is 2.62. The summed E-state index contributed by atoms with van der Waals surface area (Å²) in [6.07, 6.45) is 7.20. The van der Waals surface area contributed by atoms with Gasteiger partial charge in [-0.25, -0.2) is 0 Å². The van der Waals surface area contributed by atoms with Gasteiger partial charge in [-0.3, -0.25) is 0 Å². The molecule has 0 spiro atoms. The van der Waals surface area contributed by atoms with Crippen LogP contribution >= 0.6 is 0 Å². The van der Waals surface area contributed by atoms with E-state index in [1.54, 1.807) is 0 Å². The molecule has 102 valence electrons. The Balaban J connectivity index is 0.000000686. The summed E-state index contributed by atoms with van der Waals surface area (Å²) < 4.78 is 0. The third kappa shape index (κ3) is 4.59. The molecule has 0 radical (unpaired) electrons. The average Bonchev–Trinajstić information content (AvgIpc) is 2.30. The molecule has 1 saturated heterocycles. The zero-order valence-corrected chi connectivity index (χ0v) is 12.4. The van der Waals surface area contributed by atoms with Crippen LogP contribution in [0, 0.1) is 5.92 Å². The molecule has 0 amide bonds. The van der Waals surface area contributed by atoms with Crippen molar-refractivity contribution in [3.8, 4) is 0 Å². The van der Waals surface area contributed by atoms with Crippen molar-refractivity contribution < 1.29 is 0 Å². The van der Waals surface area contributed by atoms with E-state index in [9.17, 15) is 0 Å². The van der Waals surface area contributed by atoms with Gasteiger partial charge in [-0.15, -0.1) is 0 Å². The number of rotatable bonds is 4. The van der Waals surface area contributed by atoms with E-state index in [-0.39, 0.29) is 0 Å². The molecule has 1 aliphatic heterocycles. The highest BCUT2D eigenvalue weighted by molar-refractivity contribution is 4.81. The van der Waals surface area contributed by atoms with Crippen LogP contribution in [0.15, 0.2) is 0 Å². The van der Waals surface area contributed by atoms with Gasteiger partial charge in [0, 0.05) is 12.6 Å². The molecule has 1 saturated carbocycles. The summed E-state index contributed by atoms with van der Waals surface area (Å²) in [5.74, 6) is 0.971. The third-order valence-corrected chi connectivity index (χ3v) is 4.40. The van der Waals surface area contributed by atoms with Crippen molar-refractivity contribution in [3.63, 3.8) is 0 Å². The quantitative estimate of drug-likeness (QED) is 0.744. The van der Waals surface area contributed by atoms with Crippen LogP contribution in [0.2, 0.25) is 0 Å². The van der Waals surface area contributed by atoms with E-state index < -0.39 is 0 Å². The Bertz CT molecular complexity index is 181. The van der Waals surface area contributed by atoms with Gasteiger partial charge in [0.25, 0.3) is 0 Å². The first-order valence-electron chi connectivity index (χ1n) is 7.72. The van der Waals surface area contributed by atoms with Gasteiger partial charge in [-0.2, -0.15) is 0 Å². The lowest BCUT2D eigenvalue weighted by Crippen LogP contribution is -2.43. The minimum absolute atomic E-state index is 0.925. The van der Waals surface area contributed by atoms with E-state index in [1.165, 1.54) is 58.3 Å². The highest BCUT2D eigenvalue weighted by atomic mass is 15.2. The molecule has 0 N–H and O–H groups in total. The predicted molar refractivity (Wildman–Crippen MR) is 76.5 cm³/mol. The van der Waals surface area contributed by atoms with Crippen molar-refractivity contribution in [2.75, 3.05) is 33.2 Å². The Hall–Kier alpha value is -0.0800. The molecule has 0 unspecified atom stereocenters. The van der Waals surface area contributed by atoms with Crippen LogP contribution in [0.1, 0.15) is 52.9 Å². The SMILES string of the molecule is CC.CCN1CCC(CN(C)C2CCC2)CC1. The van der Waals surface area contributed by atoms with Crippen molar-refractivity contribution in [1.29, 1.82) is 0 Å².